The number of pyridine rings is 1. The molecule has 0 aliphatic carbocycles. The molecule has 1 aliphatic heterocycles. The molecule has 1 saturated heterocycles. The van der Waals surface area contributed by atoms with Crippen molar-refractivity contribution in [3.05, 3.63) is 24.0 Å². The Morgan fingerprint density at radius 3 is 2.79 bits per heavy atom. The van der Waals surface area contributed by atoms with Crippen LogP contribution in [0, 0.1) is 0 Å². The molecular weight excluding hydrogens is 178 g/mol. The van der Waals surface area contributed by atoms with Crippen molar-refractivity contribution >= 4 is 11.6 Å². The fourth-order valence-corrected chi connectivity index (χ4v) is 1.67. The molecule has 0 atom stereocenters. The molecule has 2 N–H and O–H groups in total. The minimum atomic E-state index is -0.0411. The number of hydrogen-bond donors (Lipinski definition) is 1. The van der Waals surface area contributed by atoms with Crippen LogP contribution >= 0.6 is 0 Å². The van der Waals surface area contributed by atoms with Crippen molar-refractivity contribution in [2.75, 3.05) is 18.8 Å². The number of nitrogens with zero attached hydrogens (tertiary/aromatic N) is 2. The second-order valence-corrected chi connectivity index (χ2v) is 3.44. The van der Waals surface area contributed by atoms with Crippen LogP contribution in [-0.4, -0.2) is 28.9 Å². The molecule has 0 spiro atoms. The highest BCUT2D eigenvalue weighted by molar-refractivity contribution is 5.97. The summed E-state index contributed by atoms with van der Waals surface area (Å²) in [6, 6.07) is 3.44. The van der Waals surface area contributed by atoms with Crippen molar-refractivity contribution < 1.29 is 4.79 Å². The van der Waals surface area contributed by atoms with Crippen LogP contribution in [-0.2, 0) is 0 Å². The van der Waals surface area contributed by atoms with Crippen molar-refractivity contribution in [2.45, 2.75) is 12.8 Å². The molecule has 2 rings (SSSR count). The van der Waals surface area contributed by atoms with Gasteiger partial charge in [0.05, 0.1) is 5.69 Å². The fourth-order valence-electron chi connectivity index (χ4n) is 1.67. The van der Waals surface area contributed by atoms with Gasteiger partial charge in [0.25, 0.3) is 5.91 Å². The van der Waals surface area contributed by atoms with Crippen LogP contribution in [0.2, 0.25) is 0 Å². The maximum absolute atomic E-state index is 11.9. The van der Waals surface area contributed by atoms with Gasteiger partial charge in [-0.3, -0.25) is 4.79 Å². The zero-order valence-corrected chi connectivity index (χ0v) is 7.94. The molecule has 4 heteroatoms. The summed E-state index contributed by atoms with van der Waals surface area (Å²) in [6.07, 6.45) is 3.76. The summed E-state index contributed by atoms with van der Waals surface area (Å²) in [5, 5.41) is 0. The zero-order chi connectivity index (χ0) is 9.97. The molecule has 0 aromatic carbocycles. The van der Waals surface area contributed by atoms with Crippen LogP contribution in [0.25, 0.3) is 0 Å². The Balaban J connectivity index is 2.22. The van der Waals surface area contributed by atoms with Crippen LogP contribution in [0.5, 0.6) is 0 Å². The number of anilines is 1. The van der Waals surface area contributed by atoms with Crippen molar-refractivity contribution in [1.29, 1.82) is 0 Å². The number of carbonyl (C=O) groups is 1. The van der Waals surface area contributed by atoms with E-state index >= 15 is 0 Å². The van der Waals surface area contributed by atoms with Crippen LogP contribution in [0.1, 0.15) is 23.3 Å². The number of hydrogen-bond acceptors (Lipinski definition) is 3. The maximum atomic E-state index is 11.9. The Morgan fingerprint density at radius 1 is 1.43 bits per heavy atom. The molecule has 1 aromatic heterocycles. The fraction of sp³-hybridized carbons (Fsp3) is 0.400. The van der Waals surface area contributed by atoms with Gasteiger partial charge in [0, 0.05) is 19.3 Å². The van der Waals surface area contributed by atoms with Gasteiger partial charge in [-0.25, -0.2) is 4.98 Å². The van der Waals surface area contributed by atoms with Gasteiger partial charge in [-0.1, -0.05) is 0 Å². The summed E-state index contributed by atoms with van der Waals surface area (Å²) in [6.45, 7) is 1.66. The molecule has 0 bridgehead atoms. The lowest BCUT2D eigenvalue weighted by Crippen LogP contribution is -2.29. The molecule has 1 amide bonds. The molecule has 4 nitrogen and oxygen atoms in total. The van der Waals surface area contributed by atoms with Gasteiger partial charge < -0.3 is 10.6 Å². The molecule has 1 aliphatic rings. The maximum Gasteiger partial charge on any atom is 0.274 e. The lowest BCUT2D eigenvalue weighted by atomic mass is 10.3. The van der Waals surface area contributed by atoms with E-state index in [1.807, 2.05) is 0 Å². The van der Waals surface area contributed by atoms with Crippen molar-refractivity contribution in [1.82, 2.24) is 9.88 Å². The smallest absolute Gasteiger partial charge is 0.274 e. The molecule has 0 unspecified atom stereocenters. The van der Waals surface area contributed by atoms with Gasteiger partial charge in [0.1, 0.15) is 0 Å². The van der Waals surface area contributed by atoms with E-state index in [4.69, 9.17) is 5.73 Å². The highest BCUT2D eigenvalue weighted by atomic mass is 16.2. The van der Waals surface area contributed by atoms with Crippen LogP contribution in [0.15, 0.2) is 18.3 Å². The van der Waals surface area contributed by atoms with Gasteiger partial charge in [-0.05, 0) is 25.0 Å². The van der Waals surface area contributed by atoms with Crippen molar-refractivity contribution in [3.63, 3.8) is 0 Å². The van der Waals surface area contributed by atoms with Crippen molar-refractivity contribution in [2.24, 2.45) is 0 Å². The number of amides is 1. The van der Waals surface area contributed by atoms with Gasteiger partial charge >= 0.3 is 0 Å². The first-order chi connectivity index (χ1) is 6.79. The third kappa shape index (κ3) is 1.55. The first-order valence-electron chi connectivity index (χ1n) is 4.79. The highest BCUT2D eigenvalue weighted by Gasteiger charge is 2.21. The molecule has 0 saturated carbocycles. The SMILES string of the molecule is Nc1cccnc1C(=O)N1CCCC1. The van der Waals surface area contributed by atoms with Gasteiger partial charge in [-0.15, -0.1) is 0 Å². The van der Waals surface area contributed by atoms with Gasteiger partial charge in [-0.2, -0.15) is 0 Å². The third-order valence-electron chi connectivity index (χ3n) is 2.43. The average molecular weight is 191 g/mol. The molecule has 14 heavy (non-hydrogen) atoms. The Hall–Kier alpha value is -1.58. The minimum absolute atomic E-state index is 0.0411. The predicted octanol–water partition coefficient (Wildman–Crippen LogP) is 0.900. The standard InChI is InChI=1S/C10H13N3O/c11-8-4-3-5-12-9(8)10(14)13-6-1-2-7-13/h3-5H,1-2,6-7,11H2. The third-order valence-corrected chi connectivity index (χ3v) is 2.43. The van der Waals surface area contributed by atoms with E-state index in [0.29, 0.717) is 11.4 Å². The minimum Gasteiger partial charge on any atom is -0.397 e. The second-order valence-electron chi connectivity index (χ2n) is 3.44. The van der Waals surface area contributed by atoms with E-state index in [0.717, 1.165) is 25.9 Å². The summed E-state index contributed by atoms with van der Waals surface area (Å²) in [5.41, 5.74) is 6.53. The van der Waals surface area contributed by atoms with Crippen molar-refractivity contribution in [3.8, 4) is 0 Å². The van der Waals surface area contributed by atoms with E-state index in [9.17, 15) is 4.79 Å². The van der Waals surface area contributed by atoms with E-state index in [1.165, 1.54) is 0 Å². The lowest BCUT2D eigenvalue weighted by molar-refractivity contribution is 0.0788. The van der Waals surface area contributed by atoms with E-state index in [2.05, 4.69) is 4.98 Å². The van der Waals surface area contributed by atoms with Crippen LogP contribution < -0.4 is 5.73 Å². The van der Waals surface area contributed by atoms with Crippen LogP contribution in [0.3, 0.4) is 0 Å². The summed E-state index contributed by atoms with van der Waals surface area (Å²) in [7, 11) is 0. The molecule has 74 valence electrons. The second kappa shape index (κ2) is 3.65. The normalized spacial score (nSPS) is 15.9. The Bertz CT molecular complexity index is 345. The predicted molar refractivity (Wildman–Crippen MR) is 53.8 cm³/mol. The number of rotatable bonds is 1. The quantitative estimate of drug-likeness (QED) is 0.717. The first kappa shape index (κ1) is 8.99. The monoisotopic (exact) mass is 191 g/mol. The molecule has 2 heterocycles. The lowest BCUT2D eigenvalue weighted by Gasteiger charge is -2.15. The Labute approximate surface area is 82.7 Å². The average Bonchev–Trinajstić information content (AvgIpc) is 2.70. The molecule has 1 aromatic rings. The summed E-state index contributed by atoms with van der Waals surface area (Å²) < 4.78 is 0. The highest BCUT2D eigenvalue weighted by Crippen LogP contribution is 2.15. The molecule has 0 radical (unpaired) electrons. The summed E-state index contributed by atoms with van der Waals surface area (Å²) in [4.78, 5) is 17.7. The van der Waals surface area contributed by atoms with E-state index in [-0.39, 0.29) is 5.91 Å². The summed E-state index contributed by atoms with van der Waals surface area (Å²) in [5.74, 6) is -0.0411. The Morgan fingerprint density at radius 2 is 2.14 bits per heavy atom. The summed E-state index contributed by atoms with van der Waals surface area (Å²) >= 11 is 0. The number of nitrogen functional groups attached to an aromatic ring is 1. The zero-order valence-electron chi connectivity index (χ0n) is 7.94. The van der Waals surface area contributed by atoms with E-state index in [1.54, 1.807) is 23.2 Å². The number of carbonyl (C=O) groups excluding carboxylic acids is 1. The number of likely N-dealkylation sites (tertiary alicyclic amines) is 1. The molecular formula is C10H13N3O. The Kier molecular flexibility index (Phi) is 2.35. The largest absolute Gasteiger partial charge is 0.397 e. The topological polar surface area (TPSA) is 59.2 Å². The number of aromatic nitrogens is 1. The van der Waals surface area contributed by atoms with Crippen LogP contribution in [0.4, 0.5) is 5.69 Å². The van der Waals surface area contributed by atoms with Gasteiger partial charge in [0.2, 0.25) is 0 Å². The van der Waals surface area contributed by atoms with E-state index < -0.39 is 0 Å². The van der Waals surface area contributed by atoms with Gasteiger partial charge in [0.15, 0.2) is 5.69 Å². The number of nitrogens with two attached hydrogens (primary N) is 1. The molecule has 1 fully saturated rings. The first-order valence-corrected chi connectivity index (χ1v) is 4.79.